The van der Waals surface area contributed by atoms with E-state index >= 15 is 0 Å². The predicted molar refractivity (Wildman–Crippen MR) is 89.3 cm³/mol. The van der Waals surface area contributed by atoms with Crippen molar-refractivity contribution >= 4 is 17.7 Å². The number of fused-ring (bicyclic) bond motifs is 2. The van der Waals surface area contributed by atoms with E-state index in [9.17, 15) is 14.7 Å². The minimum absolute atomic E-state index is 0.0113. The van der Waals surface area contributed by atoms with Crippen molar-refractivity contribution in [2.45, 2.75) is 13.3 Å². The molecule has 0 aromatic carbocycles. The summed E-state index contributed by atoms with van der Waals surface area (Å²) in [5.74, 6) is -0.512. The number of carboxylic acids is 1. The number of likely N-dealkylation sites (tertiary alicyclic amines) is 2. The highest BCUT2D eigenvalue weighted by Crippen LogP contribution is 2.42. The number of rotatable bonds is 2. The van der Waals surface area contributed by atoms with Gasteiger partial charge in [-0.3, -0.25) is 14.0 Å². The van der Waals surface area contributed by atoms with E-state index in [1.807, 2.05) is 11.9 Å². The number of hydrogen-bond acceptors (Lipinski definition) is 5. The minimum Gasteiger partial charge on any atom is -0.481 e. The minimum atomic E-state index is -0.880. The van der Waals surface area contributed by atoms with Crippen LogP contribution in [0.5, 0.6) is 0 Å². The fraction of sp³-hybridized carbons (Fsp3) is 0.529. The molecule has 0 unspecified atom stereocenters. The second-order valence-corrected chi connectivity index (χ2v) is 7.21. The van der Waals surface area contributed by atoms with Crippen LogP contribution in [-0.2, 0) is 4.79 Å². The van der Waals surface area contributed by atoms with Crippen LogP contribution in [0.4, 0.5) is 0 Å². The van der Waals surface area contributed by atoms with E-state index in [-0.39, 0.29) is 18.4 Å². The molecule has 8 nitrogen and oxygen atoms in total. The molecule has 4 rings (SSSR count). The van der Waals surface area contributed by atoms with Crippen LogP contribution >= 0.6 is 0 Å². The summed E-state index contributed by atoms with van der Waals surface area (Å²) in [5, 5.41) is 9.88. The number of aromatic nitrogens is 3. The van der Waals surface area contributed by atoms with E-state index in [2.05, 4.69) is 9.97 Å². The smallest absolute Gasteiger partial charge is 0.313 e. The summed E-state index contributed by atoms with van der Waals surface area (Å²) in [6.45, 7) is 3.84. The van der Waals surface area contributed by atoms with E-state index < -0.39 is 11.4 Å². The lowest BCUT2D eigenvalue weighted by Crippen LogP contribution is -2.52. The molecule has 0 radical (unpaired) electrons. The van der Waals surface area contributed by atoms with E-state index in [1.54, 1.807) is 34.7 Å². The quantitative estimate of drug-likeness (QED) is 0.855. The van der Waals surface area contributed by atoms with Gasteiger partial charge in [-0.2, -0.15) is 0 Å². The lowest BCUT2D eigenvalue weighted by Gasteiger charge is -2.39. The lowest BCUT2D eigenvalue weighted by molar-refractivity contribution is -0.153. The summed E-state index contributed by atoms with van der Waals surface area (Å²) < 4.78 is 1.68. The van der Waals surface area contributed by atoms with Gasteiger partial charge in [0.2, 0.25) is 5.78 Å². The molecule has 2 saturated heterocycles. The van der Waals surface area contributed by atoms with Crippen LogP contribution in [0.2, 0.25) is 0 Å². The lowest BCUT2D eigenvalue weighted by atomic mass is 9.73. The molecule has 4 heterocycles. The molecule has 132 valence electrons. The normalized spacial score (nSPS) is 26.8. The van der Waals surface area contributed by atoms with Crippen molar-refractivity contribution in [2.24, 2.45) is 11.3 Å². The van der Waals surface area contributed by atoms with Gasteiger partial charge >= 0.3 is 5.97 Å². The Balaban J connectivity index is 1.70. The number of carbonyl (C=O) groups excluding carboxylic acids is 1. The van der Waals surface area contributed by atoms with Gasteiger partial charge in [-0.25, -0.2) is 9.97 Å². The summed E-state index contributed by atoms with van der Waals surface area (Å²) >= 11 is 0. The number of imidazole rings is 1. The molecule has 0 bridgehead atoms. The fourth-order valence-electron chi connectivity index (χ4n) is 4.33. The molecule has 0 saturated carbocycles. The zero-order valence-electron chi connectivity index (χ0n) is 14.3. The maximum Gasteiger partial charge on any atom is 0.313 e. The Morgan fingerprint density at radius 3 is 2.92 bits per heavy atom. The number of carbonyl (C=O) groups is 2. The number of amides is 1. The number of aryl methyl sites for hydroxylation is 1. The van der Waals surface area contributed by atoms with Crippen molar-refractivity contribution < 1.29 is 14.7 Å². The Kier molecular flexibility index (Phi) is 3.54. The van der Waals surface area contributed by atoms with E-state index in [0.29, 0.717) is 30.3 Å². The molecule has 0 spiro atoms. The second-order valence-electron chi connectivity index (χ2n) is 7.21. The third kappa shape index (κ3) is 2.31. The average molecular weight is 343 g/mol. The van der Waals surface area contributed by atoms with Crippen LogP contribution in [0, 0.1) is 18.3 Å². The van der Waals surface area contributed by atoms with Crippen LogP contribution in [0.15, 0.2) is 18.5 Å². The van der Waals surface area contributed by atoms with Gasteiger partial charge in [0.15, 0.2) is 0 Å². The first-order valence-electron chi connectivity index (χ1n) is 8.43. The highest BCUT2D eigenvalue weighted by molar-refractivity contribution is 5.95. The van der Waals surface area contributed by atoms with Crippen molar-refractivity contribution in [2.75, 3.05) is 33.2 Å². The van der Waals surface area contributed by atoms with E-state index in [4.69, 9.17) is 0 Å². The van der Waals surface area contributed by atoms with Gasteiger partial charge in [-0.15, -0.1) is 0 Å². The Morgan fingerprint density at radius 2 is 2.16 bits per heavy atom. The van der Waals surface area contributed by atoms with Gasteiger partial charge in [0.05, 0.1) is 5.69 Å². The van der Waals surface area contributed by atoms with Crippen molar-refractivity contribution in [3.05, 3.63) is 29.8 Å². The Morgan fingerprint density at radius 1 is 1.36 bits per heavy atom. The Labute approximate surface area is 145 Å². The first kappa shape index (κ1) is 16.0. The monoisotopic (exact) mass is 343 g/mol. The molecule has 1 amide bonds. The molecular weight excluding hydrogens is 322 g/mol. The SMILES string of the molecule is Cc1nc2ncccn2c1C(=O)N1C[C@@H]2CCN(C)C[C@]2(C(=O)O)C1. The highest BCUT2D eigenvalue weighted by Gasteiger charge is 2.55. The number of hydrogen-bond donors (Lipinski definition) is 1. The maximum absolute atomic E-state index is 13.2. The topological polar surface area (TPSA) is 91.0 Å². The zero-order valence-corrected chi connectivity index (χ0v) is 14.3. The van der Waals surface area contributed by atoms with Gasteiger partial charge in [0, 0.05) is 32.0 Å². The first-order chi connectivity index (χ1) is 11.9. The van der Waals surface area contributed by atoms with Crippen LogP contribution in [-0.4, -0.2) is 74.4 Å². The van der Waals surface area contributed by atoms with Gasteiger partial charge in [0.25, 0.3) is 5.91 Å². The summed E-state index contributed by atoms with van der Waals surface area (Å²) in [4.78, 5) is 37.5. The molecule has 0 aliphatic carbocycles. The summed E-state index contributed by atoms with van der Waals surface area (Å²) in [6.07, 6.45) is 4.19. The number of aliphatic carboxylic acids is 1. The molecule has 2 aliphatic rings. The third-order valence-corrected chi connectivity index (χ3v) is 5.60. The standard InChI is InChI=1S/C17H21N5O3/c1-11-13(22-6-3-5-18-16(22)19-11)14(23)21-8-12-4-7-20(2)9-17(12,10-21)15(24)25/h3,5-6,12H,4,7-10H2,1-2H3,(H,24,25)/t12-,17-/m0/s1. The first-order valence-corrected chi connectivity index (χ1v) is 8.43. The summed E-state index contributed by atoms with van der Waals surface area (Å²) in [6, 6.07) is 1.75. The molecule has 1 N–H and O–H groups in total. The molecule has 25 heavy (non-hydrogen) atoms. The average Bonchev–Trinajstić information content (AvgIpc) is 3.11. The summed E-state index contributed by atoms with van der Waals surface area (Å²) in [5.41, 5.74) is 0.200. The van der Waals surface area contributed by atoms with Gasteiger partial charge in [-0.1, -0.05) is 0 Å². The fourth-order valence-corrected chi connectivity index (χ4v) is 4.33. The summed E-state index contributed by atoms with van der Waals surface area (Å²) in [7, 11) is 1.94. The van der Waals surface area contributed by atoms with Crippen molar-refractivity contribution in [3.8, 4) is 0 Å². The second kappa shape index (κ2) is 5.52. The molecule has 2 aromatic heterocycles. The van der Waals surface area contributed by atoms with Crippen molar-refractivity contribution in [1.29, 1.82) is 0 Å². The molecule has 2 fully saturated rings. The maximum atomic E-state index is 13.2. The third-order valence-electron chi connectivity index (χ3n) is 5.60. The van der Waals surface area contributed by atoms with Crippen LogP contribution < -0.4 is 0 Å². The van der Waals surface area contributed by atoms with Crippen LogP contribution in [0.25, 0.3) is 5.78 Å². The molecule has 2 aliphatic heterocycles. The Bertz CT molecular complexity index is 863. The predicted octanol–water partition coefficient (Wildman–Crippen LogP) is 0.516. The molecule has 8 heteroatoms. The van der Waals surface area contributed by atoms with Crippen molar-refractivity contribution in [3.63, 3.8) is 0 Å². The number of piperidine rings is 1. The highest BCUT2D eigenvalue weighted by atomic mass is 16.4. The van der Waals surface area contributed by atoms with Gasteiger partial charge < -0.3 is 14.9 Å². The largest absolute Gasteiger partial charge is 0.481 e. The number of carboxylic acid groups (broad SMARTS) is 1. The van der Waals surface area contributed by atoms with Gasteiger partial charge in [-0.05, 0) is 38.9 Å². The van der Waals surface area contributed by atoms with Crippen LogP contribution in [0.1, 0.15) is 22.6 Å². The Hall–Kier alpha value is -2.48. The number of nitrogens with zero attached hydrogens (tertiary/aromatic N) is 5. The van der Waals surface area contributed by atoms with Crippen molar-refractivity contribution in [1.82, 2.24) is 24.2 Å². The van der Waals surface area contributed by atoms with Crippen LogP contribution in [0.3, 0.4) is 0 Å². The molecular formula is C17H21N5O3. The van der Waals surface area contributed by atoms with E-state index in [1.165, 1.54) is 0 Å². The zero-order chi connectivity index (χ0) is 17.8. The molecule has 2 atom stereocenters. The van der Waals surface area contributed by atoms with Gasteiger partial charge in [0.1, 0.15) is 11.1 Å². The molecule has 2 aromatic rings. The van der Waals surface area contributed by atoms with E-state index in [0.717, 1.165) is 13.0 Å².